The molecule has 0 bridgehead atoms. The molecular weight excluding hydrogens is 224 g/mol. The van der Waals surface area contributed by atoms with E-state index in [-0.39, 0.29) is 11.5 Å². The summed E-state index contributed by atoms with van der Waals surface area (Å²) in [5.74, 6) is 1.64. The minimum atomic E-state index is 0.127. The van der Waals surface area contributed by atoms with Crippen molar-refractivity contribution in [1.29, 1.82) is 0 Å². The van der Waals surface area contributed by atoms with Crippen LogP contribution in [0.15, 0.2) is 11.8 Å². The van der Waals surface area contributed by atoms with E-state index in [0.29, 0.717) is 12.5 Å². The molecule has 3 heteroatoms. The SMILES string of the molecule is CC(C)(C)C=C(OCCCCl)C1CCCO1. The Hall–Kier alpha value is -0.210. The van der Waals surface area contributed by atoms with Crippen molar-refractivity contribution in [3.63, 3.8) is 0 Å². The lowest BCUT2D eigenvalue weighted by Gasteiger charge is -2.21. The second-order valence-electron chi connectivity index (χ2n) is 5.31. The number of hydrogen-bond acceptors (Lipinski definition) is 2. The summed E-state index contributed by atoms with van der Waals surface area (Å²) in [7, 11) is 0. The Balaban J connectivity index is 2.57. The summed E-state index contributed by atoms with van der Waals surface area (Å²) in [5, 5.41) is 0. The zero-order valence-electron chi connectivity index (χ0n) is 10.6. The lowest BCUT2D eigenvalue weighted by molar-refractivity contribution is 0.0687. The second kappa shape index (κ2) is 6.51. The normalized spacial score (nSPS) is 22.5. The summed E-state index contributed by atoms with van der Waals surface area (Å²) in [6.07, 6.45) is 5.43. The van der Waals surface area contributed by atoms with Crippen LogP contribution in [0.25, 0.3) is 0 Å². The second-order valence-corrected chi connectivity index (χ2v) is 5.68. The molecule has 0 spiro atoms. The summed E-state index contributed by atoms with van der Waals surface area (Å²) < 4.78 is 11.5. The van der Waals surface area contributed by atoms with Gasteiger partial charge >= 0.3 is 0 Å². The van der Waals surface area contributed by atoms with Crippen LogP contribution >= 0.6 is 11.6 Å². The number of alkyl halides is 1. The van der Waals surface area contributed by atoms with Crippen LogP contribution in [0.1, 0.15) is 40.0 Å². The summed E-state index contributed by atoms with van der Waals surface area (Å²) in [6, 6.07) is 0. The predicted molar refractivity (Wildman–Crippen MR) is 67.8 cm³/mol. The first kappa shape index (κ1) is 13.9. The summed E-state index contributed by atoms with van der Waals surface area (Å²) >= 11 is 5.65. The van der Waals surface area contributed by atoms with E-state index in [1.165, 1.54) is 0 Å². The van der Waals surface area contributed by atoms with E-state index in [9.17, 15) is 0 Å². The Kier molecular flexibility index (Phi) is 5.63. The number of halogens is 1. The van der Waals surface area contributed by atoms with Gasteiger partial charge in [0.1, 0.15) is 11.9 Å². The fourth-order valence-electron chi connectivity index (χ4n) is 1.70. The van der Waals surface area contributed by atoms with Gasteiger partial charge in [0, 0.05) is 12.5 Å². The van der Waals surface area contributed by atoms with Crippen LogP contribution in [0, 0.1) is 5.41 Å². The Morgan fingerprint density at radius 3 is 2.75 bits per heavy atom. The third-order valence-electron chi connectivity index (χ3n) is 2.37. The lowest BCUT2D eigenvalue weighted by atomic mass is 9.94. The van der Waals surface area contributed by atoms with Gasteiger partial charge in [-0.1, -0.05) is 20.8 Å². The minimum absolute atomic E-state index is 0.127. The molecule has 0 N–H and O–H groups in total. The van der Waals surface area contributed by atoms with Crippen molar-refractivity contribution in [2.24, 2.45) is 5.41 Å². The molecule has 1 atom stereocenters. The summed E-state index contributed by atoms with van der Waals surface area (Å²) in [5.41, 5.74) is 0.127. The van der Waals surface area contributed by atoms with E-state index in [1.807, 2.05) is 0 Å². The molecule has 0 aromatic carbocycles. The third kappa shape index (κ3) is 5.22. The van der Waals surface area contributed by atoms with Crippen LogP contribution in [-0.4, -0.2) is 25.2 Å². The van der Waals surface area contributed by atoms with Gasteiger partial charge in [-0.2, -0.15) is 0 Å². The zero-order valence-corrected chi connectivity index (χ0v) is 11.3. The molecule has 1 aliphatic heterocycles. The average molecular weight is 247 g/mol. The number of rotatable bonds is 5. The molecule has 94 valence electrons. The largest absolute Gasteiger partial charge is 0.495 e. The van der Waals surface area contributed by atoms with Crippen LogP contribution in [0.2, 0.25) is 0 Å². The van der Waals surface area contributed by atoms with Crippen molar-refractivity contribution in [3.05, 3.63) is 11.8 Å². The molecule has 0 aliphatic carbocycles. The highest BCUT2D eigenvalue weighted by atomic mass is 35.5. The topological polar surface area (TPSA) is 18.5 Å². The average Bonchev–Trinajstić information content (AvgIpc) is 2.67. The van der Waals surface area contributed by atoms with E-state index in [0.717, 1.165) is 31.6 Å². The van der Waals surface area contributed by atoms with Gasteiger partial charge in [-0.25, -0.2) is 0 Å². The quantitative estimate of drug-likeness (QED) is 0.418. The van der Waals surface area contributed by atoms with Crippen LogP contribution in [0.4, 0.5) is 0 Å². The molecule has 0 radical (unpaired) electrons. The van der Waals surface area contributed by atoms with Gasteiger partial charge < -0.3 is 9.47 Å². The van der Waals surface area contributed by atoms with Gasteiger partial charge in [-0.3, -0.25) is 0 Å². The van der Waals surface area contributed by atoms with Gasteiger partial charge in [0.25, 0.3) is 0 Å². The summed E-state index contributed by atoms with van der Waals surface area (Å²) in [4.78, 5) is 0. The first-order chi connectivity index (χ1) is 7.53. The molecule has 16 heavy (non-hydrogen) atoms. The standard InChI is InChI=1S/C13H23ClO2/c1-13(2,3)10-12(16-9-5-7-14)11-6-4-8-15-11/h10-11H,4-9H2,1-3H3. The molecule has 1 fully saturated rings. The molecular formula is C13H23ClO2. The lowest BCUT2D eigenvalue weighted by Crippen LogP contribution is -2.16. The fraction of sp³-hybridized carbons (Fsp3) is 0.846. The van der Waals surface area contributed by atoms with Crippen LogP contribution in [0.3, 0.4) is 0 Å². The molecule has 1 rings (SSSR count). The summed E-state index contributed by atoms with van der Waals surface area (Å²) in [6.45, 7) is 8.06. The van der Waals surface area contributed by atoms with Crippen molar-refractivity contribution in [2.75, 3.05) is 19.1 Å². The van der Waals surface area contributed by atoms with Gasteiger partial charge in [0.2, 0.25) is 0 Å². The highest BCUT2D eigenvalue weighted by Gasteiger charge is 2.23. The maximum atomic E-state index is 5.79. The van der Waals surface area contributed by atoms with Crippen molar-refractivity contribution in [3.8, 4) is 0 Å². The van der Waals surface area contributed by atoms with E-state index >= 15 is 0 Å². The zero-order chi connectivity index (χ0) is 12.0. The van der Waals surface area contributed by atoms with Crippen molar-refractivity contribution >= 4 is 11.6 Å². The molecule has 1 saturated heterocycles. The highest BCUT2D eigenvalue weighted by molar-refractivity contribution is 6.17. The monoisotopic (exact) mass is 246 g/mol. The van der Waals surface area contributed by atoms with Gasteiger partial charge in [-0.05, 0) is 30.8 Å². The molecule has 0 saturated carbocycles. The van der Waals surface area contributed by atoms with Crippen LogP contribution < -0.4 is 0 Å². The van der Waals surface area contributed by atoms with E-state index in [2.05, 4.69) is 26.8 Å². The van der Waals surface area contributed by atoms with Gasteiger partial charge in [0.05, 0.1) is 6.61 Å². The maximum absolute atomic E-state index is 5.79. The Bertz CT molecular complexity index is 225. The van der Waals surface area contributed by atoms with Gasteiger partial charge in [-0.15, -0.1) is 11.6 Å². The number of ether oxygens (including phenoxy) is 2. The van der Waals surface area contributed by atoms with Crippen LogP contribution in [0.5, 0.6) is 0 Å². The van der Waals surface area contributed by atoms with Crippen molar-refractivity contribution < 1.29 is 9.47 Å². The van der Waals surface area contributed by atoms with E-state index in [1.54, 1.807) is 0 Å². The van der Waals surface area contributed by atoms with E-state index < -0.39 is 0 Å². The molecule has 0 amide bonds. The number of hydrogen-bond donors (Lipinski definition) is 0. The van der Waals surface area contributed by atoms with Crippen molar-refractivity contribution in [2.45, 2.75) is 46.1 Å². The fourth-order valence-corrected chi connectivity index (χ4v) is 1.81. The molecule has 0 aromatic heterocycles. The molecule has 1 heterocycles. The number of allylic oxidation sites excluding steroid dienone is 1. The first-order valence-electron chi connectivity index (χ1n) is 6.06. The van der Waals surface area contributed by atoms with Crippen LogP contribution in [-0.2, 0) is 9.47 Å². The van der Waals surface area contributed by atoms with Gasteiger partial charge in [0.15, 0.2) is 0 Å². The smallest absolute Gasteiger partial charge is 0.121 e. The Labute approximate surface area is 104 Å². The molecule has 2 nitrogen and oxygen atoms in total. The molecule has 1 unspecified atom stereocenters. The first-order valence-corrected chi connectivity index (χ1v) is 6.59. The Morgan fingerprint density at radius 2 is 2.25 bits per heavy atom. The third-order valence-corrected chi connectivity index (χ3v) is 2.64. The highest BCUT2D eigenvalue weighted by Crippen LogP contribution is 2.26. The predicted octanol–water partition coefficient (Wildman–Crippen LogP) is 3.74. The van der Waals surface area contributed by atoms with Crippen molar-refractivity contribution in [1.82, 2.24) is 0 Å². The molecule has 0 aromatic rings. The minimum Gasteiger partial charge on any atom is -0.495 e. The molecule has 1 aliphatic rings. The van der Waals surface area contributed by atoms with E-state index in [4.69, 9.17) is 21.1 Å². The Morgan fingerprint density at radius 1 is 1.50 bits per heavy atom. The maximum Gasteiger partial charge on any atom is 0.121 e.